The van der Waals surface area contributed by atoms with Crippen molar-refractivity contribution in [3.8, 4) is 0 Å². The predicted molar refractivity (Wildman–Crippen MR) is 145 cm³/mol. The number of aliphatic imine (C=N–C) groups is 1. The van der Waals surface area contributed by atoms with Crippen LogP contribution in [0.1, 0.15) is 68.5 Å². The van der Waals surface area contributed by atoms with Crippen LogP contribution in [0.15, 0.2) is 75.9 Å². The van der Waals surface area contributed by atoms with Crippen LogP contribution in [0, 0.1) is 13.8 Å². The fourth-order valence-electron chi connectivity index (χ4n) is 4.54. The Labute approximate surface area is 217 Å². The van der Waals surface area contributed by atoms with E-state index in [1.807, 2.05) is 82.2 Å². The van der Waals surface area contributed by atoms with Gasteiger partial charge in [-0.15, -0.1) is 0 Å². The number of rotatable bonds is 7. The Bertz CT molecular complexity index is 1260. The third kappa shape index (κ3) is 5.41. The van der Waals surface area contributed by atoms with Crippen molar-refractivity contribution < 1.29 is 14.3 Å². The first kappa shape index (κ1) is 25.8. The number of nitrogens with one attached hydrogen (secondary N) is 1. The Morgan fingerprint density at radius 3 is 2.50 bits per heavy atom. The monoisotopic (exact) mass is 503 g/mol. The van der Waals surface area contributed by atoms with Crippen LogP contribution in [-0.4, -0.2) is 28.0 Å². The highest BCUT2D eigenvalue weighted by atomic mass is 32.2. The molecule has 2 aliphatic rings. The number of ether oxygens (including phenoxy) is 1. The number of allylic oxidation sites excluding steroid dienone is 1. The van der Waals surface area contributed by atoms with Gasteiger partial charge in [-0.3, -0.25) is 4.79 Å². The molecule has 0 aliphatic carbocycles. The van der Waals surface area contributed by atoms with E-state index in [-0.39, 0.29) is 30.4 Å². The van der Waals surface area contributed by atoms with Gasteiger partial charge in [-0.05, 0) is 63.6 Å². The standard InChI is InChI=1S/C29H33N3O3S/c1-17(2)35-28(34)26-21(6)31-29-32(27(26)24-14-18(3)12-13-19(24)4)23(16-36-29)15-25(33)30-20(5)22-10-8-7-9-11-22/h7-14,16-17,20,27H,15H2,1-6H3,(H,30,33)/t20-,27+/m0/s1. The van der Waals surface area contributed by atoms with E-state index in [0.717, 1.165) is 33.1 Å². The van der Waals surface area contributed by atoms with Crippen LogP contribution in [-0.2, 0) is 14.3 Å². The van der Waals surface area contributed by atoms with Gasteiger partial charge < -0.3 is 15.0 Å². The highest BCUT2D eigenvalue weighted by Gasteiger charge is 2.42. The van der Waals surface area contributed by atoms with Gasteiger partial charge in [0, 0.05) is 5.70 Å². The number of benzene rings is 2. The van der Waals surface area contributed by atoms with E-state index in [1.165, 1.54) is 11.8 Å². The SMILES string of the molecule is CC1=C(C(=O)OC(C)C)[C@@H](c2cc(C)ccc2C)N2C(CC(=O)N[C@@H](C)c3ccccc3)=CSC2=N1. The highest BCUT2D eigenvalue weighted by molar-refractivity contribution is 8.16. The zero-order valence-electron chi connectivity index (χ0n) is 21.7. The largest absolute Gasteiger partial charge is 0.459 e. The van der Waals surface area contributed by atoms with Crippen LogP contribution in [0.25, 0.3) is 0 Å². The summed E-state index contributed by atoms with van der Waals surface area (Å²) in [6.07, 6.45) is -0.0773. The van der Waals surface area contributed by atoms with Gasteiger partial charge in [-0.25, -0.2) is 9.79 Å². The van der Waals surface area contributed by atoms with E-state index in [9.17, 15) is 9.59 Å². The summed E-state index contributed by atoms with van der Waals surface area (Å²) < 4.78 is 5.65. The molecule has 0 radical (unpaired) electrons. The summed E-state index contributed by atoms with van der Waals surface area (Å²) in [5.41, 5.74) is 6.17. The summed E-state index contributed by atoms with van der Waals surface area (Å²) in [6, 6.07) is 15.6. The Morgan fingerprint density at radius 2 is 1.81 bits per heavy atom. The number of thioether (sulfide) groups is 1. The Hall–Kier alpha value is -3.32. The first-order valence-electron chi connectivity index (χ1n) is 12.2. The van der Waals surface area contributed by atoms with E-state index in [0.29, 0.717) is 11.3 Å². The van der Waals surface area contributed by atoms with Gasteiger partial charge >= 0.3 is 5.97 Å². The van der Waals surface area contributed by atoms with Gasteiger partial charge in [0.05, 0.1) is 35.9 Å². The molecule has 2 atom stereocenters. The normalized spacial score (nSPS) is 18.0. The smallest absolute Gasteiger partial charge is 0.338 e. The lowest BCUT2D eigenvalue weighted by molar-refractivity contribution is -0.143. The number of hydrogen-bond acceptors (Lipinski definition) is 6. The van der Waals surface area contributed by atoms with Gasteiger partial charge in [-0.1, -0.05) is 65.9 Å². The van der Waals surface area contributed by atoms with Crippen molar-refractivity contribution in [2.24, 2.45) is 4.99 Å². The molecule has 2 aliphatic heterocycles. The molecule has 36 heavy (non-hydrogen) atoms. The van der Waals surface area contributed by atoms with Gasteiger partial charge in [-0.2, -0.15) is 0 Å². The molecule has 0 saturated heterocycles. The van der Waals surface area contributed by atoms with Crippen molar-refractivity contribution in [1.82, 2.24) is 10.2 Å². The van der Waals surface area contributed by atoms with Crippen molar-refractivity contribution in [3.63, 3.8) is 0 Å². The second-order valence-corrected chi connectivity index (χ2v) is 10.4. The maximum Gasteiger partial charge on any atom is 0.338 e. The maximum atomic E-state index is 13.3. The second kappa shape index (κ2) is 10.7. The zero-order valence-corrected chi connectivity index (χ0v) is 22.5. The molecule has 7 heteroatoms. The second-order valence-electron chi connectivity index (χ2n) is 9.58. The lowest BCUT2D eigenvalue weighted by Gasteiger charge is -2.37. The molecule has 0 aromatic heterocycles. The molecule has 1 N–H and O–H groups in total. The summed E-state index contributed by atoms with van der Waals surface area (Å²) >= 11 is 1.48. The fourth-order valence-corrected chi connectivity index (χ4v) is 5.50. The van der Waals surface area contributed by atoms with E-state index in [1.54, 1.807) is 0 Å². The summed E-state index contributed by atoms with van der Waals surface area (Å²) in [5.74, 6) is -0.466. The van der Waals surface area contributed by atoms with Crippen molar-refractivity contribution in [2.45, 2.75) is 66.2 Å². The Balaban J connectivity index is 1.67. The zero-order chi connectivity index (χ0) is 26.0. The van der Waals surface area contributed by atoms with E-state index >= 15 is 0 Å². The van der Waals surface area contributed by atoms with E-state index in [2.05, 4.69) is 23.5 Å². The van der Waals surface area contributed by atoms with Gasteiger partial charge in [0.1, 0.15) is 0 Å². The summed E-state index contributed by atoms with van der Waals surface area (Å²) in [5, 5.41) is 5.83. The average Bonchev–Trinajstić information content (AvgIpc) is 3.21. The minimum atomic E-state index is -0.427. The van der Waals surface area contributed by atoms with Gasteiger partial charge in [0.15, 0.2) is 5.17 Å². The van der Waals surface area contributed by atoms with Crippen molar-refractivity contribution >= 4 is 28.8 Å². The molecule has 0 spiro atoms. The lowest BCUT2D eigenvalue weighted by Crippen LogP contribution is -2.39. The van der Waals surface area contributed by atoms with Gasteiger partial charge in [0.2, 0.25) is 5.91 Å². The Kier molecular flexibility index (Phi) is 7.69. The molecule has 6 nitrogen and oxygen atoms in total. The van der Waals surface area contributed by atoms with Crippen LogP contribution < -0.4 is 5.32 Å². The number of amidine groups is 1. The molecule has 2 heterocycles. The molecule has 188 valence electrons. The molecule has 2 aromatic rings. The minimum Gasteiger partial charge on any atom is -0.459 e. The molecule has 0 fully saturated rings. The van der Waals surface area contributed by atoms with Crippen LogP contribution in [0.5, 0.6) is 0 Å². The molecule has 1 amide bonds. The number of carbonyl (C=O) groups excluding carboxylic acids is 2. The van der Waals surface area contributed by atoms with Crippen LogP contribution in [0.2, 0.25) is 0 Å². The van der Waals surface area contributed by atoms with Crippen LogP contribution in [0.4, 0.5) is 0 Å². The summed E-state index contributed by atoms with van der Waals surface area (Å²) in [7, 11) is 0. The Morgan fingerprint density at radius 1 is 1.08 bits per heavy atom. The molecule has 4 rings (SSSR count). The number of aryl methyl sites for hydroxylation is 2. The number of esters is 1. The van der Waals surface area contributed by atoms with Crippen molar-refractivity contribution in [2.75, 3.05) is 0 Å². The van der Waals surface area contributed by atoms with Crippen LogP contribution in [0.3, 0.4) is 0 Å². The number of carbonyl (C=O) groups is 2. The third-order valence-corrected chi connectivity index (χ3v) is 7.20. The molecule has 0 saturated carbocycles. The fraction of sp³-hybridized carbons (Fsp3) is 0.345. The van der Waals surface area contributed by atoms with Crippen molar-refractivity contribution in [1.29, 1.82) is 0 Å². The topological polar surface area (TPSA) is 71.0 Å². The number of nitrogens with zero attached hydrogens (tertiary/aromatic N) is 2. The summed E-state index contributed by atoms with van der Waals surface area (Å²) in [6.45, 7) is 11.6. The first-order valence-corrected chi connectivity index (χ1v) is 13.1. The summed E-state index contributed by atoms with van der Waals surface area (Å²) in [4.78, 5) is 33.2. The number of amides is 1. The van der Waals surface area contributed by atoms with Gasteiger partial charge in [0.25, 0.3) is 0 Å². The maximum absolute atomic E-state index is 13.3. The van der Waals surface area contributed by atoms with Crippen LogP contribution >= 0.6 is 11.8 Å². The van der Waals surface area contributed by atoms with E-state index < -0.39 is 6.04 Å². The molecular weight excluding hydrogens is 470 g/mol. The minimum absolute atomic E-state index is 0.0863. The molecule has 0 unspecified atom stereocenters. The highest BCUT2D eigenvalue weighted by Crippen LogP contribution is 2.45. The first-order chi connectivity index (χ1) is 17.2. The predicted octanol–water partition coefficient (Wildman–Crippen LogP) is 6.10. The third-order valence-electron chi connectivity index (χ3n) is 6.31. The quantitative estimate of drug-likeness (QED) is 0.463. The number of fused-ring (bicyclic) bond motifs is 1. The molecule has 2 aromatic carbocycles. The van der Waals surface area contributed by atoms with Crippen molar-refractivity contribution in [3.05, 3.63) is 93.2 Å². The lowest BCUT2D eigenvalue weighted by atomic mass is 9.90. The van der Waals surface area contributed by atoms with E-state index in [4.69, 9.17) is 9.73 Å². The average molecular weight is 504 g/mol. The molecule has 0 bridgehead atoms. The number of hydrogen-bond donors (Lipinski definition) is 1. The molecular formula is C29H33N3O3S.